The molecule has 8 heteroatoms. The van der Waals surface area contributed by atoms with Gasteiger partial charge in [-0.05, 0) is 82.3 Å². The standard InChI is InChI=1S/C27H35FN4O3/c1-27(2,28)18-31-14-11-19(12-15-31)17-35-24-10-9-22(16-30-24)20-5-7-21(8-6-20)26(34)32-13-3-4-23(32)25(29)33/h5-10,16,19,23H,3-4,11-15,17-18H2,1-2H3,(H2,29,33)/t23-/m0/s1. The molecule has 1 atom stereocenters. The van der Waals surface area contributed by atoms with Crippen molar-refractivity contribution in [1.29, 1.82) is 0 Å². The van der Waals surface area contributed by atoms with Gasteiger partial charge < -0.3 is 20.3 Å². The molecule has 188 valence electrons. The number of nitrogens with zero attached hydrogens (tertiary/aromatic N) is 3. The number of benzene rings is 1. The molecule has 2 amide bonds. The van der Waals surface area contributed by atoms with Crippen LogP contribution in [0.4, 0.5) is 4.39 Å². The summed E-state index contributed by atoms with van der Waals surface area (Å²) in [5, 5.41) is 0. The molecule has 2 aliphatic rings. The number of rotatable bonds is 8. The Labute approximate surface area is 206 Å². The lowest BCUT2D eigenvalue weighted by Gasteiger charge is -2.34. The van der Waals surface area contributed by atoms with Gasteiger partial charge in [-0.15, -0.1) is 0 Å². The smallest absolute Gasteiger partial charge is 0.254 e. The van der Waals surface area contributed by atoms with Crippen molar-refractivity contribution >= 4 is 11.8 Å². The van der Waals surface area contributed by atoms with Crippen LogP contribution in [-0.2, 0) is 4.79 Å². The van der Waals surface area contributed by atoms with Crippen molar-refractivity contribution in [3.05, 3.63) is 48.2 Å². The number of nitrogens with two attached hydrogens (primary N) is 1. The molecule has 0 radical (unpaired) electrons. The Kier molecular flexibility index (Phi) is 7.69. The minimum Gasteiger partial charge on any atom is -0.477 e. The SMILES string of the molecule is CC(C)(F)CN1CCC(COc2ccc(-c3ccc(C(=O)N4CCC[C@H]4C(N)=O)cc3)cn2)CC1. The maximum Gasteiger partial charge on any atom is 0.254 e. The second kappa shape index (κ2) is 10.7. The fourth-order valence-electron chi connectivity index (χ4n) is 4.96. The molecule has 0 bridgehead atoms. The summed E-state index contributed by atoms with van der Waals surface area (Å²) in [7, 11) is 0. The van der Waals surface area contributed by atoms with Crippen LogP contribution < -0.4 is 10.5 Å². The van der Waals surface area contributed by atoms with Gasteiger partial charge in [0.05, 0.1) is 6.61 Å². The summed E-state index contributed by atoms with van der Waals surface area (Å²) < 4.78 is 19.8. The number of likely N-dealkylation sites (tertiary alicyclic amines) is 2. The summed E-state index contributed by atoms with van der Waals surface area (Å²) in [6, 6.07) is 10.6. The number of hydrogen-bond donors (Lipinski definition) is 1. The quantitative estimate of drug-likeness (QED) is 0.620. The zero-order valence-corrected chi connectivity index (χ0v) is 20.6. The Morgan fingerprint density at radius 2 is 1.74 bits per heavy atom. The molecular weight excluding hydrogens is 447 g/mol. The fourth-order valence-corrected chi connectivity index (χ4v) is 4.96. The Morgan fingerprint density at radius 1 is 1.06 bits per heavy atom. The van der Waals surface area contributed by atoms with E-state index in [-0.39, 0.29) is 5.91 Å². The van der Waals surface area contributed by atoms with Crippen molar-refractivity contribution in [1.82, 2.24) is 14.8 Å². The number of carbonyl (C=O) groups is 2. The highest BCUT2D eigenvalue weighted by Crippen LogP contribution is 2.25. The molecular formula is C27H35FN4O3. The average Bonchev–Trinajstić information content (AvgIpc) is 3.33. The molecule has 2 N–H and O–H groups in total. The highest BCUT2D eigenvalue weighted by molar-refractivity contribution is 5.98. The topological polar surface area (TPSA) is 88.8 Å². The molecule has 2 saturated heterocycles. The van der Waals surface area contributed by atoms with Crippen LogP contribution in [0, 0.1) is 5.92 Å². The van der Waals surface area contributed by atoms with Gasteiger partial charge in [0.2, 0.25) is 11.8 Å². The number of primary amides is 1. The van der Waals surface area contributed by atoms with E-state index in [2.05, 4.69) is 9.88 Å². The maximum absolute atomic E-state index is 13.8. The van der Waals surface area contributed by atoms with Gasteiger partial charge in [-0.1, -0.05) is 12.1 Å². The third kappa shape index (κ3) is 6.57. The van der Waals surface area contributed by atoms with E-state index in [0.717, 1.165) is 43.5 Å². The molecule has 1 aromatic heterocycles. The molecule has 2 fully saturated rings. The number of carbonyl (C=O) groups excluding carboxylic acids is 2. The first-order chi connectivity index (χ1) is 16.7. The number of halogens is 1. The molecule has 0 spiro atoms. The largest absolute Gasteiger partial charge is 0.477 e. The van der Waals surface area contributed by atoms with E-state index in [1.165, 1.54) is 0 Å². The number of amides is 2. The lowest BCUT2D eigenvalue weighted by Crippen LogP contribution is -2.43. The van der Waals surface area contributed by atoms with Gasteiger partial charge in [0, 0.05) is 36.5 Å². The zero-order chi connectivity index (χ0) is 25.0. The van der Waals surface area contributed by atoms with Crippen LogP contribution in [0.2, 0.25) is 0 Å². The molecule has 0 aliphatic carbocycles. The lowest BCUT2D eigenvalue weighted by atomic mass is 9.97. The van der Waals surface area contributed by atoms with Gasteiger partial charge in [0.25, 0.3) is 5.91 Å². The number of pyridine rings is 1. The first kappa shape index (κ1) is 25.1. The minimum atomic E-state index is -1.16. The van der Waals surface area contributed by atoms with E-state index in [9.17, 15) is 14.0 Å². The number of hydrogen-bond acceptors (Lipinski definition) is 5. The number of ether oxygens (including phenoxy) is 1. The van der Waals surface area contributed by atoms with Crippen molar-refractivity contribution in [2.24, 2.45) is 11.7 Å². The number of piperidine rings is 1. The summed E-state index contributed by atoms with van der Waals surface area (Å²) in [4.78, 5) is 32.6. The predicted octanol–water partition coefficient (Wildman–Crippen LogP) is 3.68. The van der Waals surface area contributed by atoms with E-state index >= 15 is 0 Å². The second-order valence-corrected chi connectivity index (χ2v) is 10.3. The van der Waals surface area contributed by atoms with Gasteiger partial charge in [-0.2, -0.15) is 0 Å². The Hall–Kier alpha value is -3.00. The van der Waals surface area contributed by atoms with Gasteiger partial charge in [0.15, 0.2) is 0 Å². The molecule has 2 aromatic rings. The van der Waals surface area contributed by atoms with Crippen molar-refractivity contribution in [3.63, 3.8) is 0 Å². The third-order valence-corrected chi connectivity index (χ3v) is 6.82. The third-order valence-electron chi connectivity index (χ3n) is 6.82. The predicted molar refractivity (Wildman–Crippen MR) is 133 cm³/mol. The monoisotopic (exact) mass is 482 g/mol. The molecule has 0 saturated carbocycles. The summed E-state index contributed by atoms with van der Waals surface area (Å²) in [5.41, 5.74) is 6.69. The Bertz CT molecular complexity index is 1010. The molecule has 1 aromatic carbocycles. The van der Waals surface area contributed by atoms with E-state index < -0.39 is 17.6 Å². The number of alkyl halides is 1. The van der Waals surface area contributed by atoms with Crippen LogP contribution in [0.3, 0.4) is 0 Å². The fraction of sp³-hybridized carbons (Fsp3) is 0.519. The molecule has 35 heavy (non-hydrogen) atoms. The highest BCUT2D eigenvalue weighted by atomic mass is 19.1. The molecule has 2 aliphatic heterocycles. The molecule has 0 unspecified atom stereocenters. The van der Waals surface area contributed by atoms with Crippen LogP contribution in [0.1, 0.15) is 49.9 Å². The van der Waals surface area contributed by atoms with Crippen LogP contribution >= 0.6 is 0 Å². The van der Waals surface area contributed by atoms with Crippen molar-refractivity contribution in [2.75, 3.05) is 32.8 Å². The Balaban J connectivity index is 1.28. The van der Waals surface area contributed by atoms with E-state index in [1.807, 2.05) is 24.3 Å². The summed E-state index contributed by atoms with van der Waals surface area (Å²) in [6.07, 6.45) is 5.17. The highest BCUT2D eigenvalue weighted by Gasteiger charge is 2.33. The van der Waals surface area contributed by atoms with Gasteiger partial charge in [-0.25, -0.2) is 9.37 Å². The average molecular weight is 483 g/mol. The maximum atomic E-state index is 13.8. The van der Waals surface area contributed by atoms with Crippen molar-refractivity contribution in [2.45, 2.75) is 51.2 Å². The van der Waals surface area contributed by atoms with Crippen LogP contribution in [-0.4, -0.2) is 71.1 Å². The number of aromatic nitrogens is 1. The Morgan fingerprint density at radius 3 is 2.34 bits per heavy atom. The molecule has 3 heterocycles. The van der Waals surface area contributed by atoms with Gasteiger partial charge >= 0.3 is 0 Å². The van der Waals surface area contributed by atoms with Gasteiger partial charge in [0.1, 0.15) is 11.7 Å². The first-order valence-corrected chi connectivity index (χ1v) is 12.4. The van der Waals surface area contributed by atoms with E-state index in [4.69, 9.17) is 10.5 Å². The summed E-state index contributed by atoms with van der Waals surface area (Å²) >= 11 is 0. The van der Waals surface area contributed by atoms with E-state index in [1.54, 1.807) is 37.1 Å². The summed E-state index contributed by atoms with van der Waals surface area (Å²) in [5.74, 6) is 0.413. The van der Waals surface area contributed by atoms with E-state index in [0.29, 0.717) is 43.5 Å². The van der Waals surface area contributed by atoms with Crippen LogP contribution in [0.15, 0.2) is 42.6 Å². The second-order valence-electron chi connectivity index (χ2n) is 10.3. The van der Waals surface area contributed by atoms with Crippen LogP contribution in [0.25, 0.3) is 11.1 Å². The lowest BCUT2D eigenvalue weighted by molar-refractivity contribution is -0.121. The minimum absolute atomic E-state index is 0.168. The first-order valence-electron chi connectivity index (χ1n) is 12.4. The van der Waals surface area contributed by atoms with Gasteiger partial charge in [-0.3, -0.25) is 9.59 Å². The van der Waals surface area contributed by atoms with Crippen LogP contribution in [0.5, 0.6) is 5.88 Å². The molecule has 4 rings (SSSR count). The van der Waals surface area contributed by atoms with Crippen molar-refractivity contribution in [3.8, 4) is 17.0 Å². The zero-order valence-electron chi connectivity index (χ0n) is 20.6. The molecule has 7 nitrogen and oxygen atoms in total. The normalized spacial score (nSPS) is 19.6. The van der Waals surface area contributed by atoms with Crippen molar-refractivity contribution < 1.29 is 18.7 Å². The summed E-state index contributed by atoms with van der Waals surface area (Å²) in [6.45, 7) is 6.68.